The highest BCUT2D eigenvalue weighted by Crippen LogP contribution is 2.11. The number of carboxylic acids is 1. The molecule has 0 atom stereocenters. The molecule has 0 saturated carbocycles. The van der Waals surface area contributed by atoms with Gasteiger partial charge in [-0.1, -0.05) is 0 Å². The zero-order valence-electron chi connectivity index (χ0n) is 6.40. The topological polar surface area (TPSA) is 70.0 Å². The van der Waals surface area contributed by atoms with Gasteiger partial charge < -0.3 is 5.11 Å². The molecule has 1 rings (SSSR count). The molecule has 0 unspecified atom stereocenters. The first-order chi connectivity index (χ1) is 6.13. The molecule has 0 aromatic carbocycles. The highest BCUT2D eigenvalue weighted by molar-refractivity contribution is 9.18. The van der Waals surface area contributed by atoms with E-state index in [1.54, 1.807) is 12.0 Å². The van der Waals surface area contributed by atoms with Crippen LogP contribution in [0.15, 0.2) is 23.0 Å². The average molecular weight is 245 g/mol. The van der Waals surface area contributed by atoms with E-state index in [0.29, 0.717) is 4.62 Å². The number of hydrogen-bond acceptors (Lipinski definition) is 4. The Hall–Kier alpha value is -1.39. The summed E-state index contributed by atoms with van der Waals surface area (Å²) in [4.78, 5) is 20.7. The van der Waals surface area contributed by atoms with Crippen molar-refractivity contribution in [1.82, 2.24) is 5.01 Å². The number of carboxylic acid groups (broad SMARTS) is 1. The largest absolute Gasteiger partial charge is 0.480 e. The van der Waals surface area contributed by atoms with Gasteiger partial charge in [0.25, 0.3) is 0 Å². The lowest BCUT2D eigenvalue weighted by Crippen LogP contribution is -2.26. The number of halogens is 1. The van der Waals surface area contributed by atoms with Crippen LogP contribution in [0.2, 0.25) is 0 Å². The Balaban J connectivity index is 2.87. The van der Waals surface area contributed by atoms with Crippen molar-refractivity contribution in [1.29, 1.82) is 0 Å². The van der Waals surface area contributed by atoms with Gasteiger partial charge in [-0.2, -0.15) is 5.10 Å². The Morgan fingerprint density at radius 2 is 2.38 bits per heavy atom. The maximum Gasteiger partial charge on any atom is 0.325 e. The third-order valence-corrected chi connectivity index (χ3v) is 1.69. The van der Waals surface area contributed by atoms with Crippen LogP contribution in [0, 0.1) is 0 Å². The Morgan fingerprint density at radius 3 is 2.92 bits per heavy atom. The first-order valence-corrected chi connectivity index (χ1v) is 4.09. The minimum absolute atomic E-state index is 0.102. The summed E-state index contributed by atoms with van der Waals surface area (Å²) in [5, 5.41) is 13.3. The second-order valence-corrected chi connectivity index (χ2v) is 3.01. The van der Waals surface area contributed by atoms with Crippen LogP contribution in [-0.2, 0) is 9.59 Å². The molecule has 0 aromatic heterocycles. The number of carbonyl (C=O) groups excluding carboxylic acids is 1. The zero-order valence-corrected chi connectivity index (χ0v) is 7.98. The summed E-state index contributed by atoms with van der Waals surface area (Å²) in [5.41, 5.74) is 0.102. The number of nitrogens with zero attached hydrogens (tertiary/aromatic N) is 2. The van der Waals surface area contributed by atoms with Gasteiger partial charge in [0.05, 0.1) is 0 Å². The summed E-state index contributed by atoms with van der Waals surface area (Å²) in [7, 11) is 0. The van der Waals surface area contributed by atoms with Gasteiger partial charge in [0.2, 0.25) is 0 Å². The maximum atomic E-state index is 10.3. The quantitative estimate of drug-likeness (QED) is 0.713. The van der Waals surface area contributed by atoms with Crippen molar-refractivity contribution in [2.24, 2.45) is 5.10 Å². The minimum Gasteiger partial charge on any atom is -0.480 e. The lowest BCUT2D eigenvalue weighted by Gasteiger charge is -2.17. The first kappa shape index (κ1) is 9.70. The Labute approximate surface area is 82.2 Å². The third-order valence-electron chi connectivity index (χ3n) is 1.26. The van der Waals surface area contributed by atoms with E-state index in [4.69, 9.17) is 5.11 Å². The van der Waals surface area contributed by atoms with Gasteiger partial charge in [0, 0.05) is 0 Å². The molecule has 68 valence electrons. The minimum atomic E-state index is -1.06. The van der Waals surface area contributed by atoms with Gasteiger partial charge in [-0.3, -0.25) is 4.79 Å². The fourth-order valence-corrected chi connectivity index (χ4v) is 1.10. The van der Waals surface area contributed by atoms with E-state index in [9.17, 15) is 9.59 Å². The van der Waals surface area contributed by atoms with Crippen molar-refractivity contribution in [3.63, 3.8) is 0 Å². The Morgan fingerprint density at radius 1 is 1.69 bits per heavy atom. The molecule has 13 heavy (non-hydrogen) atoms. The molecule has 0 fully saturated rings. The Bertz CT molecular complexity index is 342. The lowest BCUT2D eigenvalue weighted by atomic mass is 10.3. The molecular formula is C7H5BrN2O3. The highest BCUT2D eigenvalue weighted by Gasteiger charge is 2.14. The zero-order chi connectivity index (χ0) is 9.84. The molecule has 6 heteroatoms. The van der Waals surface area contributed by atoms with Crippen molar-refractivity contribution < 1.29 is 14.7 Å². The van der Waals surface area contributed by atoms with Crippen LogP contribution in [0.1, 0.15) is 0 Å². The monoisotopic (exact) mass is 244 g/mol. The van der Waals surface area contributed by atoms with Gasteiger partial charge in [-0.25, -0.2) is 9.80 Å². The van der Waals surface area contributed by atoms with Gasteiger partial charge in [0.15, 0.2) is 5.94 Å². The number of hydrazone groups is 1. The first-order valence-electron chi connectivity index (χ1n) is 3.30. The molecule has 1 aliphatic heterocycles. The summed E-state index contributed by atoms with van der Waals surface area (Å²) in [5.74, 6) is 0.532. The number of allylic oxidation sites excluding steroid dienone is 2. The van der Waals surface area contributed by atoms with Crippen LogP contribution in [0.3, 0.4) is 0 Å². The van der Waals surface area contributed by atoms with Crippen molar-refractivity contribution in [3.8, 4) is 0 Å². The van der Waals surface area contributed by atoms with E-state index < -0.39 is 5.97 Å². The van der Waals surface area contributed by atoms with Crippen LogP contribution in [0.5, 0.6) is 0 Å². The molecule has 0 saturated heterocycles. The van der Waals surface area contributed by atoms with Crippen LogP contribution in [0.4, 0.5) is 0 Å². The third kappa shape index (κ3) is 2.54. The number of aliphatic carboxylic acids is 1. The summed E-state index contributed by atoms with van der Waals surface area (Å²) < 4.78 is 0.466. The second-order valence-electron chi connectivity index (χ2n) is 2.19. The summed E-state index contributed by atoms with van der Waals surface area (Å²) in [6, 6.07) is 0. The van der Waals surface area contributed by atoms with E-state index in [1.165, 1.54) is 6.08 Å². The fraction of sp³-hybridized carbons (Fsp3) is 0.143. The molecule has 1 heterocycles. The molecule has 0 amide bonds. The molecule has 0 aromatic rings. The normalized spacial score (nSPS) is 15.3. The molecule has 0 bridgehead atoms. The predicted molar refractivity (Wildman–Crippen MR) is 49.1 cm³/mol. The van der Waals surface area contributed by atoms with Crippen molar-refractivity contribution in [3.05, 3.63) is 17.8 Å². The van der Waals surface area contributed by atoms with E-state index in [0.717, 1.165) is 5.01 Å². The number of rotatable bonds is 2. The highest BCUT2D eigenvalue weighted by atomic mass is 79.9. The standard InChI is InChI=1S/C7H5BrN2O3/c8-6-2-1-5(4-11)10(9-6)3-7(12)13/h1-2H,3H2,(H,12,13). The second kappa shape index (κ2) is 4.02. The van der Waals surface area contributed by atoms with Gasteiger partial charge in [0.1, 0.15) is 16.9 Å². The molecular weight excluding hydrogens is 240 g/mol. The molecule has 1 N–H and O–H groups in total. The average Bonchev–Trinajstić information content (AvgIpc) is 2.03. The summed E-state index contributed by atoms with van der Waals surface area (Å²) >= 11 is 3.06. The molecule has 0 radical (unpaired) electrons. The Kier molecular flexibility index (Phi) is 3.00. The lowest BCUT2D eigenvalue weighted by molar-refractivity contribution is -0.137. The molecule has 0 spiro atoms. The van der Waals surface area contributed by atoms with Crippen LogP contribution in [-0.4, -0.2) is 33.2 Å². The molecule has 0 aliphatic carbocycles. The number of carbonyl (C=O) groups is 1. The van der Waals surface area contributed by atoms with E-state index >= 15 is 0 Å². The molecule has 1 aliphatic rings. The predicted octanol–water partition coefficient (Wildman–Crippen LogP) is 0.367. The van der Waals surface area contributed by atoms with E-state index in [2.05, 4.69) is 21.0 Å². The van der Waals surface area contributed by atoms with Crippen LogP contribution in [0.25, 0.3) is 0 Å². The van der Waals surface area contributed by atoms with Crippen molar-refractivity contribution >= 4 is 32.5 Å². The SMILES string of the molecule is O=C=C1C=CC(Br)=NN1CC(=O)O. The number of hydrogen-bond donors (Lipinski definition) is 1. The fourth-order valence-electron chi connectivity index (χ4n) is 0.772. The van der Waals surface area contributed by atoms with Crippen molar-refractivity contribution in [2.75, 3.05) is 6.54 Å². The van der Waals surface area contributed by atoms with Crippen LogP contribution >= 0.6 is 15.9 Å². The van der Waals surface area contributed by atoms with Gasteiger partial charge in [-0.15, -0.1) is 0 Å². The van der Waals surface area contributed by atoms with E-state index in [1.807, 2.05) is 0 Å². The van der Waals surface area contributed by atoms with E-state index in [-0.39, 0.29) is 12.2 Å². The smallest absolute Gasteiger partial charge is 0.325 e. The van der Waals surface area contributed by atoms with Crippen molar-refractivity contribution in [2.45, 2.75) is 0 Å². The summed E-state index contributed by atoms with van der Waals surface area (Å²) in [6.07, 6.45) is 2.98. The van der Waals surface area contributed by atoms with Gasteiger partial charge in [-0.05, 0) is 28.1 Å². The molecule has 5 nitrogen and oxygen atoms in total. The summed E-state index contributed by atoms with van der Waals surface area (Å²) in [6.45, 7) is -0.357. The van der Waals surface area contributed by atoms with Crippen LogP contribution < -0.4 is 0 Å². The maximum absolute atomic E-state index is 10.3. The van der Waals surface area contributed by atoms with Gasteiger partial charge >= 0.3 is 5.97 Å².